The van der Waals surface area contributed by atoms with Crippen LogP contribution >= 0.6 is 11.8 Å². The molecule has 2 aromatic carbocycles. The fraction of sp³-hybridized carbons (Fsp3) is 0.581. The predicted octanol–water partition coefficient (Wildman–Crippen LogP) is 7.95. The summed E-state index contributed by atoms with van der Waals surface area (Å²) in [6.45, 7) is 10.6. The van der Waals surface area contributed by atoms with Crippen LogP contribution in [0.25, 0.3) is 0 Å². The van der Waals surface area contributed by atoms with E-state index in [0.717, 1.165) is 25.7 Å². The van der Waals surface area contributed by atoms with Crippen molar-refractivity contribution in [1.82, 2.24) is 0 Å². The quantitative estimate of drug-likeness (QED) is 0.438. The summed E-state index contributed by atoms with van der Waals surface area (Å²) in [6.07, 6.45) is 6.74. The van der Waals surface area contributed by atoms with Gasteiger partial charge in [0.1, 0.15) is 5.78 Å². The number of thioether (sulfide) groups is 1. The Balaban J connectivity index is 1.38. The van der Waals surface area contributed by atoms with Crippen molar-refractivity contribution < 1.29 is 9.53 Å². The smallest absolute Gasteiger partial charge is 0.146 e. The molecule has 0 heterocycles. The highest BCUT2D eigenvalue weighted by Gasteiger charge is 2.64. The van der Waals surface area contributed by atoms with Gasteiger partial charge in [-0.25, -0.2) is 0 Å². The van der Waals surface area contributed by atoms with Gasteiger partial charge in [-0.1, -0.05) is 76.2 Å². The highest BCUT2D eigenvalue weighted by atomic mass is 32.2. The van der Waals surface area contributed by atoms with Gasteiger partial charge in [-0.05, 0) is 77.9 Å². The summed E-state index contributed by atoms with van der Waals surface area (Å²) in [5.74, 6) is 1.68. The number of hydrogen-bond acceptors (Lipinski definition) is 3. The first-order valence-electron chi connectivity index (χ1n) is 13.1. The predicted molar refractivity (Wildman–Crippen MR) is 141 cm³/mol. The van der Waals surface area contributed by atoms with Crippen LogP contribution in [0.1, 0.15) is 71.8 Å². The summed E-state index contributed by atoms with van der Waals surface area (Å²) in [5.41, 5.74) is 1.72. The number of ketones is 1. The molecule has 0 N–H and O–H groups in total. The van der Waals surface area contributed by atoms with Gasteiger partial charge in [0.15, 0.2) is 0 Å². The molecule has 2 nitrogen and oxygen atoms in total. The maximum Gasteiger partial charge on any atom is 0.146 e. The molecule has 2 aromatic rings. The second-order valence-electron chi connectivity index (χ2n) is 12.1. The molecule has 3 saturated carbocycles. The minimum Gasteiger partial charge on any atom is -0.373 e. The van der Waals surface area contributed by atoms with Crippen LogP contribution < -0.4 is 0 Å². The molecule has 0 amide bonds. The molecule has 1 unspecified atom stereocenters. The van der Waals surface area contributed by atoms with Gasteiger partial charge in [-0.2, -0.15) is 0 Å². The molecular weight excluding hydrogens is 436 g/mol. The highest BCUT2D eigenvalue weighted by molar-refractivity contribution is 8.00. The number of Topliss-reactive ketones (excluding diaryl/α,β-unsaturated/α-hetero) is 1. The Kier molecular flexibility index (Phi) is 6.48. The van der Waals surface area contributed by atoms with Gasteiger partial charge in [0.25, 0.3) is 0 Å². The van der Waals surface area contributed by atoms with Gasteiger partial charge in [0, 0.05) is 11.3 Å². The summed E-state index contributed by atoms with van der Waals surface area (Å²) in [4.78, 5) is 14.5. The van der Waals surface area contributed by atoms with Gasteiger partial charge in [0.2, 0.25) is 0 Å². The molecule has 0 aliphatic heterocycles. The first-order valence-corrected chi connectivity index (χ1v) is 14.0. The largest absolute Gasteiger partial charge is 0.373 e. The highest BCUT2D eigenvalue weighted by Crippen LogP contribution is 2.68. The standard InChI is InChI=1S/C31H40O2S/c1-29(2)25-17-19-31(4)26(16-15-24(32)28(31)34-23-13-9-6-10-14-23)30(25,3)20-18-27(29)33-21-22-11-7-5-8-12-22/h5-14,25-28H,15-21H2,1-4H3/t25-,26+,27-,28?,30-,31+/m0/s1. The topological polar surface area (TPSA) is 26.3 Å². The second-order valence-corrected chi connectivity index (χ2v) is 13.3. The van der Waals surface area contributed by atoms with E-state index in [9.17, 15) is 4.79 Å². The Hall–Kier alpha value is -1.58. The zero-order chi connectivity index (χ0) is 24.0. The van der Waals surface area contributed by atoms with E-state index in [4.69, 9.17) is 4.74 Å². The van der Waals surface area contributed by atoms with E-state index in [1.165, 1.54) is 23.3 Å². The third-order valence-corrected chi connectivity index (χ3v) is 11.5. The lowest BCUT2D eigenvalue weighted by molar-refractivity contribution is -0.193. The lowest BCUT2D eigenvalue weighted by atomic mass is 9.40. The molecule has 34 heavy (non-hydrogen) atoms. The lowest BCUT2D eigenvalue weighted by Gasteiger charge is -2.66. The van der Waals surface area contributed by atoms with Crippen molar-refractivity contribution >= 4 is 17.5 Å². The van der Waals surface area contributed by atoms with Crippen LogP contribution in [0.2, 0.25) is 0 Å². The van der Waals surface area contributed by atoms with Gasteiger partial charge < -0.3 is 4.74 Å². The number of carbonyl (C=O) groups excluding carboxylic acids is 1. The Morgan fingerprint density at radius 3 is 2.18 bits per heavy atom. The molecule has 3 aliphatic rings. The molecule has 3 heteroatoms. The normalized spacial score (nSPS) is 37.0. The van der Waals surface area contributed by atoms with E-state index in [1.807, 2.05) is 11.8 Å². The van der Waals surface area contributed by atoms with E-state index in [1.54, 1.807) is 0 Å². The Labute approximate surface area is 210 Å². The molecule has 3 fully saturated rings. The average molecular weight is 477 g/mol. The fourth-order valence-corrected chi connectivity index (χ4v) is 9.61. The number of benzene rings is 2. The third kappa shape index (κ3) is 4.07. The maximum atomic E-state index is 13.3. The lowest BCUT2D eigenvalue weighted by Crippen LogP contribution is -2.62. The minimum absolute atomic E-state index is 0.0644. The van der Waals surface area contributed by atoms with Crippen LogP contribution in [0.3, 0.4) is 0 Å². The monoisotopic (exact) mass is 476 g/mol. The molecule has 6 atom stereocenters. The Morgan fingerprint density at radius 1 is 0.824 bits per heavy atom. The molecule has 5 rings (SSSR count). The molecule has 0 radical (unpaired) electrons. The van der Waals surface area contributed by atoms with Crippen LogP contribution in [0, 0.1) is 28.1 Å². The van der Waals surface area contributed by atoms with Gasteiger partial charge in [-0.3, -0.25) is 4.79 Å². The van der Waals surface area contributed by atoms with Crippen molar-refractivity contribution in [2.24, 2.45) is 28.1 Å². The van der Waals surface area contributed by atoms with Crippen molar-refractivity contribution in [2.45, 2.75) is 89.1 Å². The summed E-state index contributed by atoms with van der Waals surface area (Å²) in [7, 11) is 0. The van der Waals surface area contributed by atoms with Crippen molar-refractivity contribution in [3.63, 3.8) is 0 Å². The second kappa shape index (κ2) is 9.13. The van der Waals surface area contributed by atoms with Crippen molar-refractivity contribution in [3.05, 3.63) is 66.2 Å². The number of ether oxygens (including phenoxy) is 1. The number of carbonyl (C=O) groups is 1. The van der Waals surface area contributed by atoms with E-state index >= 15 is 0 Å². The summed E-state index contributed by atoms with van der Waals surface area (Å²) < 4.78 is 6.60. The van der Waals surface area contributed by atoms with Crippen LogP contribution in [0.4, 0.5) is 0 Å². The molecule has 3 aliphatic carbocycles. The van der Waals surface area contributed by atoms with E-state index in [2.05, 4.69) is 88.4 Å². The van der Waals surface area contributed by atoms with E-state index in [0.29, 0.717) is 24.2 Å². The van der Waals surface area contributed by atoms with Crippen molar-refractivity contribution in [1.29, 1.82) is 0 Å². The van der Waals surface area contributed by atoms with Gasteiger partial charge in [0.05, 0.1) is 18.0 Å². The fourth-order valence-electron chi connectivity index (χ4n) is 8.23. The number of hydrogen-bond donors (Lipinski definition) is 0. The Bertz CT molecular complexity index is 1000. The molecule has 0 aromatic heterocycles. The van der Waals surface area contributed by atoms with Crippen LogP contribution in [0.15, 0.2) is 65.6 Å². The number of rotatable bonds is 5. The molecular formula is C31H40O2S. The molecule has 0 spiro atoms. The zero-order valence-corrected chi connectivity index (χ0v) is 22.1. The maximum absolute atomic E-state index is 13.3. The SMILES string of the molecule is CC1(C)[C@@H](OCc2ccccc2)CC[C@]2(C)[C@H]3CCC(=O)C(Sc4ccccc4)[C@]3(C)CC[C@@H]12. The Morgan fingerprint density at radius 2 is 1.47 bits per heavy atom. The van der Waals surface area contributed by atoms with E-state index < -0.39 is 0 Å². The molecule has 182 valence electrons. The first-order chi connectivity index (χ1) is 16.2. The first kappa shape index (κ1) is 24.1. The minimum atomic E-state index is 0.0644. The summed E-state index contributed by atoms with van der Waals surface area (Å²) >= 11 is 1.83. The van der Waals surface area contributed by atoms with Crippen LogP contribution in [0.5, 0.6) is 0 Å². The third-order valence-electron chi connectivity index (χ3n) is 9.89. The van der Waals surface area contributed by atoms with Crippen molar-refractivity contribution in [2.75, 3.05) is 0 Å². The zero-order valence-electron chi connectivity index (χ0n) is 21.3. The summed E-state index contributed by atoms with van der Waals surface area (Å²) in [6, 6.07) is 21.1. The van der Waals surface area contributed by atoms with E-state index in [-0.39, 0.29) is 27.6 Å². The van der Waals surface area contributed by atoms with Crippen LogP contribution in [-0.4, -0.2) is 17.1 Å². The number of fused-ring (bicyclic) bond motifs is 3. The van der Waals surface area contributed by atoms with Gasteiger partial charge >= 0.3 is 0 Å². The summed E-state index contributed by atoms with van der Waals surface area (Å²) in [5, 5.41) is 0.0709. The van der Waals surface area contributed by atoms with Crippen LogP contribution in [-0.2, 0) is 16.1 Å². The van der Waals surface area contributed by atoms with Gasteiger partial charge in [-0.15, -0.1) is 11.8 Å². The molecule has 0 saturated heterocycles. The average Bonchev–Trinajstić information content (AvgIpc) is 2.82. The molecule has 0 bridgehead atoms. The van der Waals surface area contributed by atoms with Crippen molar-refractivity contribution in [3.8, 4) is 0 Å².